The predicted octanol–water partition coefficient (Wildman–Crippen LogP) is 3.31. The summed E-state index contributed by atoms with van der Waals surface area (Å²) < 4.78 is 0. The van der Waals surface area contributed by atoms with Crippen molar-refractivity contribution >= 4 is 11.6 Å². The summed E-state index contributed by atoms with van der Waals surface area (Å²) in [6.45, 7) is 2.89. The van der Waals surface area contributed by atoms with Crippen molar-refractivity contribution in [3.8, 4) is 0 Å². The van der Waals surface area contributed by atoms with Gasteiger partial charge in [0.1, 0.15) is 5.76 Å². The smallest absolute Gasteiger partial charge is 0.163 e. The Kier molecular flexibility index (Phi) is 4.12. The van der Waals surface area contributed by atoms with Gasteiger partial charge in [-0.05, 0) is 39.2 Å². The highest BCUT2D eigenvalue weighted by Gasteiger charge is 2.30. The highest BCUT2D eigenvalue weighted by molar-refractivity contribution is 5.98. The number of aliphatic hydroxyl groups excluding tert-OH is 2. The molecule has 0 heterocycles. The Labute approximate surface area is 118 Å². The van der Waals surface area contributed by atoms with Gasteiger partial charge in [0.05, 0.1) is 11.3 Å². The molecule has 108 valence electrons. The summed E-state index contributed by atoms with van der Waals surface area (Å²) in [5, 5.41) is 19.7. The molecule has 0 saturated carbocycles. The molecule has 20 heavy (non-hydrogen) atoms. The van der Waals surface area contributed by atoms with Crippen LogP contribution in [0.3, 0.4) is 0 Å². The molecule has 0 spiro atoms. The Bertz CT molecular complexity index is 549. The molecule has 0 aliphatic heterocycles. The van der Waals surface area contributed by atoms with E-state index in [-0.39, 0.29) is 29.0 Å². The molecule has 2 aliphatic carbocycles. The lowest BCUT2D eigenvalue weighted by molar-refractivity contribution is -0.114. The van der Waals surface area contributed by atoms with E-state index in [1.165, 1.54) is 13.8 Å². The van der Waals surface area contributed by atoms with Gasteiger partial charge in [-0.15, -0.1) is 0 Å². The molecule has 1 atom stereocenters. The number of Topliss-reactive ketones (excluding diaryl/α,β-unsaturated/α-hetero) is 2. The minimum absolute atomic E-state index is 0.115. The Morgan fingerprint density at radius 2 is 1.75 bits per heavy atom. The van der Waals surface area contributed by atoms with Crippen LogP contribution in [0.1, 0.15) is 46.0 Å². The largest absolute Gasteiger partial charge is 0.512 e. The second-order valence-electron chi connectivity index (χ2n) is 5.50. The molecule has 0 bridgehead atoms. The molecule has 4 nitrogen and oxygen atoms in total. The standard InChI is InChI=1S/C16H20O4/c1-9(17)13-8-11(6-7-14(13)19)12-4-3-5-15(20)16(12)10(2)18/h8,12,19-20H,3-7H2,1-2H3. The fourth-order valence-corrected chi connectivity index (χ4v) is 3.09. The quantitative estimate of drug-likeness (QED) is 0.829. The fraction of sp³-hybridized carbons (Fsp3) is 0.500. The summed E-state index contributed by atoms with van der Waals surface area (Å²) in [6, 6.07) is 0. The van der Waals surface area contributed by atoms with E-state index in [9.17, 15) is 19.8 Å². The van der Waals surface area contributed by atoms with Crippen LogP contribution in [-0.4, -0.2) is 21.8 Å². The summed E-state index contributed by atoms with van der Waals surface area (Å²) >= 11 is 0. The summed E-state index contributed by atoms with van der Waals surface area (Å²) in [5.41, 5.74) is 1.77. The van der Waals surface area contributed by atoms with Crippen molar-refractivity contribution < 1.29 is 19.8 Å². The minimum atomic E-state index is -0.173. The summed E-state index contributed by atoms with van der Waals surface area (Å²) in [7, 11) is 0. The van der Waals surface area contributed by atoms with Crippen LogP contribution in [-0.2, 0) is 9.59 Å². The van der Waals surface area contributed by atoms with Crippen LogP contribution in [0, 0.1) is 5.92 Å². The van der Waals surface area contributed by atoms with E-state index >= 15 is 0 Å². The molecule has 0 aromatic heterocycles. The maximum absolute atomic E-state index is 11.8. The highest BCUT2D eigenvalue weighted by Crippen LogP contribution is 2.39. The number of hydrogen-bond donors (Lipinski definition) is 2. The van der Waals surface area contributed by atoms with Gasteiger partial charge in [-0.1, -0.05) is 5.57 Å². The molecular weight excluding hydrogens is 256 g/mol. The van der Waals surface area contributed by atoms with E-state index in [0.717, 1.165) is 18.4 Å². The van der Waals surface area contributed by atoms with Crippen LogP contribution in [0.2, 0.25) is 0 Å². The minimum Gasteiger partial charge on any atom is -0.512 e. The number of allylic oxidation sites excluding steroid dienone is 6. The van der Waals surface area contributed by atoms with Crippen molar-refractivity contribution in [1.82, 2.24) is 0 Å². The van der Waals surface area contributed by atoms with Crippen molar-refractivity contribution in [2.45, 2.75) is 46.0 Å². The van der Waals surface area contributed by atoms with Gasteiger partial charge >= 0.3 is 0 Å². The second-order valence-corrected chi connectivity index (χ2v) is 5.50. The van der Waals surface area contributed by atoms with Gasteiger partial charge in [-0.2, -0.15) is 0 Å². The van der Waals surface area contributed by atoms with Crippen molar-refractivity contribution in [2.24, 2.45) is 5.92 Å². The zero-order chi connectivity index (χ0) is 14.9. The molecular formula is C16H20O4. The number of rotatable bonds is 3. The zero-order valence-corrected chi connectivity index (χ0v) is 11.9. The molecule has 2 aliphatic rings. The number of aliphatic hydroxyl groups is 2. The van der Waals surface area contributed by atoms with Crippen LogP contribution in [0.4, 0.5) is 0 Å². The van der Waals surface area contributed by atoms with E-state index in [4.69, 9.17) is 0 Å². The molecule has 2 N–H and O–H groups in total. The number of hydrogen-bond acceptors (Lipinski definition) is 4. The first-order valence-electron chi connectivity index (χ1n) is 6.98. The molecule has 4 heteroatoms. The van der Waals surface area contributed by atoms with Crippen LogP contribution in [0.25, 0.3) is 0 Å². The summed E-state index contributed by atoms with van der Waals surface area (Å²) in [6.07, 6.45) is 4.92. The third kappa shape index (κ3) is 2.69. The maximum atomic E-state index is 11.8. The second kappa shape index (κ2) is 5.65. The summed E-state index contributed by atoms with van der Waals surface area (Å²) in [5.74, 6) is -0.111. The lowest BCUT2D eigenvalue weighted by atomic mass is 9.76. The van der Waals surface area contributed by atoms with Gasteiger partial charge in [-0.3, -0.25) is 9.59 Å². The van der Waals surface area contributed by atoms with Gasteiger partial charge < -0.3 is 10.2 Å². The van der Waals surface area contributed by atoms with E-state index in [2.05, 4.69) is 0 Å². The topological polar surface area (TPSA) is 74.6 Å². The summed E-state index contributed by atoms with van der Waals surface area (Å²) in [4.78, 5) is 23.3. The van der Waals surface area contributed by atoms with E-state index < -0.39 is 0 Å². The molecule has 0 fully saturated rings. The van der Waals surface area contributed by atoms with Gasteiger partial charge in [0.15, 0.2) is 11.6 Å². The fourth-order valence-electron chi connectivity index (χ4n) is 3.09. The SMILES string of the molecule is CC(=O)C1=C(O)CCC(C2CCCC(O)=C2C(C)=O)=C1. The van der Waals surface area contributed by atoms with Crippen molar-refractivity contribution in [1.29, 1.82) is 0 Å². The number of carbonyl (C=O) groups excluding carboxylic acids is 2. The first-order chi connectivity index (χ1) is 9.41. The first kappa shape index (κ1) is 14.6. The van der Waals surface area contributed by atoms with Gasteiger partial charge in [-0.25, -0.2) is 0 Å². The monoisotopic (exact) mass is 276 g/mol. The van der Waals surface area contributed by atoms with Gasteiger partial charge in [0.25, 0.3) is 0 Å². The molecule has 0 aromatic carbocycles. The lowest BCUT2D eigenvalue weighted by Crippen LogP contribution is -2.21. The van der Waals surface area contributed by atoms with Crippen LogP contribution in [0.5, 0.6) is 0 Å². The third-order valence-corrected chi connectivity index (χ3v) is 4.06. The normalized spacial score (nSPS) is 23.7. The molecule has 0 aromatic rings. The third-order valence-electron chi connectivity index (χ3n) is 4.06. The Hall–Kier alpha value is -1.84. The Balaban J connectivity index is 2.41. The molecule has 0 radical (unpaired) electrons. The van der Waals surface area contributed by atoms with Crippen LogP contribution in [0.15, 0.2) is 34.3 Å². The Morgan fingerprint density at radius 1 is 1.05 bits per heavy atom. The molecule has 0 saturated heterocycles. The van der Waals surface area contributed by atoms with Crippen molar-refractivity contribution in [3.05, 3.63) is 34.3 Å². The lowest BCUT2D eigenvalue weighted by Gasteiger charge is -2.29. The van der Waals surface area contributed by atoms with E-state index in [1.807, 2.05) is 0 Å². The van der Waals surface area contributed by atoms with Gasteiger partial charge in [0, 0.05) is 24.3 Å². The molecule has 2 rings (SSSR count). The molecule has 0 amide bonds. The first-order valence-corrected chi connectivity index (χ1v) is 6.98. The number of ketones is 2. The van der Waals surface area contributed by atoms with Crippen molar-refractivity contribution in [3.63, 3.8) is 0 Å². The number of carbonyl (C=O) groups is 2. The Morgan fingerprint density at radius 3 is 2.35 bits per heavy atom. The maximum Gasteiger partial charge on any atom is 0.163 e. The van der Waals surface area contributed by atoms with Crippen LogP contribution < -0.4 is 0 Å². The predicted molar refractivity (Wildman–Crippen MR) is 75.3 cm³/mol. The zero-order valence-electron chi connectivity index (χ0n) is 11.9. The average molecular weight is 276 g/mol. The van der Waals surface area contributed by atoms with E-state index in [1.54, 1.807) is 6.08 Å². The highest BCUT2D eigenvalue weighted by atomic mass is 16.3. The van der Waals surface area contributed by atoms with Crippen molar-refractivity contribution in [2.75, 3.05) is 0 Å². The average Bonchev–Trinajstić information content (AvgIpc) is 2.38. The van der Waals surface area contributed by atoms with E-state index in [0.29, 0.717) is 30.4 Å². The van der Waals surface area contributed by atoms with Crippen LogP contribution >= 0.6 is 0 Å². The molecule has 1 unspecified atom stereocenters. The van der Waals surface area contributed by atoms with Gasteiger partial charge in [0.2, 0.25) is 0 Å².